The first-order valence-electron chi connectivity index (χ1n) is 11.9. The van der Waals surface area contributed by atoms with Gasteiger partial charge in [-0.05, 0) is 0 Å². The summed E-state index contributed by atoms with van der Waals surface area (Å²) in [5, 5.41) is 3.34. The van der Waals surface area contributed by atoms with Crippen LogP contribution < -0.4 is 5.32 Å². The first kappa shape index (κ1) is 30.2. The van der Waals surface area contributed by atoms with Crippen molar-refractivity contribution in [1.82, 2.24) is 10.2 Å². The van der Waals surface area contributed by atoms with E-state index in [0.29, 0.717) is 99.1 Å². The molecule has 0 aromatic rings. The van der Waals surface area contributed by atoms with Crippen LogP contribution in [0.2, 0.25) is 0 Å². The minimum Gasteiger partial charge on any atom is -0.378 e. The highest BCUT2D eigenvalue weighted by molar-refractivity contribution is 4.82. The second-order valence-electron chi connectivity index (χ2n) is 7.13. The normalized spacial score (nSPS) is 14.5. The molecule has 194 valence electrons. The molecule has 1 aliphatic rings. The maximum atomic E-state index is 5.60. The summed E-state index contributed by atoms with van der Waals surface area (Å²) in [5.74, 6) is 2.40. The van der Waals surface area contributed by atoms with Gasteiger partial charge < -0.3 is 43.2 Å². The Morgan fingerprint density at radius 2 is 0.848 bits per heavy atom. The van der Waals surface area contributed by atoms with Gasteiger partial charge in [0, 0.05) is 32.7 Å². The third kappa shape index (κ3) is 22.7. The molecule has 10 heteroatoms. The molecule has 1 rings (SSSR count). The number of rotatable bonds is 25. The molecule has 1 fully saturated rings. The van der Waals surface area contributed by atoms with Crippen molar-refractivity contribution in [3.05, 3.63) is 0 Å². The van der Waals surface area contributed by atoms with Crippen molar-refractivity contribution in [1.29, 1.82) is 0 Å². The fraction of sp³-hybridized carbons (Fsp3) is 0.913. The third-order valence-corrected chi connectivity index (χ3v) is 4.55. The molecule has 1 N–H and O–H groups in total. The van der Waals surface area contributed by atoms with Crippen LogP contribution in [0.25, 0.3) is 0 Å². The summed E-state index contributed by atoms with van der Waals surface area (Å²) in [6, 6.07) is 0. The standard InChI is InChI=1S/C23H44N2O8/c1-2-8-26-10-12-28-14-16-30-18-20-32-22-23-33-21-19-31-17-15-29-13-11-27-9-7-25-5-3-24-4-6-25/h1,24H,3-23H2. The highest BCUT2D eigenvalue weighted by Crippen LogP contribution is 1.92. The van der Waals surface area contributed by atoms with Crippen molar-refractivity contribution >= 4 is 0 Å². The highest BCUT2D eigenvalue weighted by Gasteiger charge is 2.08. The molecule has 33 heavy (non-hydrogen) atoms. The molecule has 0 bridgehead atoms. The van der Waals surface area contributed by atoms with Crippen LogP contribution in [-0.2, 0) is 37.9 Å². The molecular formula is C23H44N2O8. The van der Waals surface area contributed by atoms with Gasteiger partial charge in [-0.3, -0.25) is 4.90 Å². The molecule has 0 amide bonds. The van der Waals surface area contributed by atoms with E-state index in [9.17, 15) is 0 Å². The Morgan fingerprint density at radius 1 is 0.515 bits per heavy atom. The Labute approximate surface area is 199 Å². The number of nitrogens with zero attached hydrogens (tertiary/aromatic N) is 1. The SMILES string of the molecule is C#CCOCCOCCOCCOCCOCCOCCOCCOCCN1CCNCC1. The molecule has 0 atom stereocenters. The van der Waals surface area contributed by atoms with Gasteiger partial charge >= 0.3 is 0 Å². The van der Waals surface area contributed by atoms with Gasteiger partial charge in [-0.15, -0.1) is 6.42 Å². The summed E-state index contributed by atoms with van der Waals surface area (Å²) >= 11 is 0. The molecule has 0 aromatic carbocycles. The van der Waals surface area contributed by atoms with Crippen molar-refractivity contribution in [3.63, 3.8) is 0 Å². The van der Waals surface area contributed by atoms with Crippen molar-refractivity contribution in [3.8, 4) is 12.3 Å². The smallest absolute Gasteiger partial charge is 0.107 e. The quantitative estimate of drug-likeness (QED) is 0.139. The van der Waals surface area contributed by atoms with Gasteiger partial charge in [0.15, 0.2) is 0 Å². The van der Waals surface area contributed by atoms with Gasteiger partial charge in [-0.25, -0.2) is 0 Å². The van der Waals surface area contributed by atoms with Gasteiger partial charge in [0.25, 0.3) is 0 Å². The van der Waals surface area contributed by atoms with Crippen LogP contribution in [0.15, 0.2) is 0 Å². The van der Waals surface area contributed by atoms with E-state index < -0.39 is 0 Å². The number of nitrogens with one attached hydrogen (secondary N) is 1. The molecule has 0 unspecified atom stereocenters. The lowest BCUT2D eigenvalue weighted by Crippen LogP contribution is -2.44. The van der Waals surface area contributed by atoms with Crippen molar-refractivity contribution < 1.29 is 37.9 Å². The van der Waals surface area contributed by atoms with Crippen LogP contribution in [0.4, 0.5) is 0 Å². The van der Waals surface area contributed by atoms with Crippen molar-refractivity contribution in [2.45, 2.75) is 0 Å². The van der Waals surface area contributed by atoms with Crippen molar-refractivity contribution in [2.24, 2.45) is 0 Å². The average Bonchev–Trinajstić information content (AvgIpc) is 2.84. The summed E-state index contributed by atoms with van der Waals surface area (Å²) in [6.07, 6.45) is 5.07. The zero-order valence-corrected chi connectivity index (χ0v) is 20.1. The average molecular weight is 477 g/mol. The first-order valence-corrected chi connectivity index (χ1v) is 11.9. The van der Waals surface area contributed by atoms with Gasteiger partial charge in [0.05, 0.1) is 99.1 Å². The molecule has 1 heterocycles. The van der Waals surface area contributed by atoms with Gasteiger partial charge in [0.2, 0.25) is 0 Å². The van der Waals surface area contributed by atoms with E-state index in [1.165, 1.54) is 0 Å². The van der Waals surface area contributed by atoms with E-state index in [2.05, 4.69) is 16.1 Å². The lowest BCUT2D eigenvalue weighted by molar-refractivity contribution is -0.0229. The molecule has 0 spiro atoms. The van der Waals surface area contributed by atoms with E-state index in [-0.39, 0.29) is 0 Å². The Hall–Kier alpha value is -0.840. The lowest BCUT2D eigenvalue weighted by atomic mass is 10.4. The van der Waals surface area contributed by atoms with Crippen LogP contribution >= 0.6 is 0 Å². The zero-order chi connectivity index (χ0) is 23.5. The Kier molecular flexibility index (Phi) is 23.6. The Balaban J connectivity index is 1.62. The fourth-order valence-corrected chi connectivity index (χ4v) is 2.80. The number of hydrogen-bond acceptors (Lipinski definition) is 10. The predicted octanol–water partition coefficient (Wildman–Crippen LogP) is -0.342. The van der Waals surface area contributed by atoms with E-state index in [4.69, 9.17) is 44.3 Å². The monoisotopic (exact) mass is 476 g/mol. The van der Waals surface area contributed by atoms with Crippen LogP contribution in [0.3, 0.4) is 0 Å². The second kappa shape index (κ2) is 25.8. The van der Waals surface area contributed by atoms with Gasteiger partial charge in [-0.2, -0.15) is 0 Å². The van der Waals surface area contributed by atoms with E-state index in [1.807, 2.05) is 0 Å². The largest absolute Gasteiger partial charge is 0.378 e. The number of piperazine rings is 1. The zero-order valence-electron chi connectivity index (χ0n) is 20.1. The van der Waals surface area contributed by atoms with E-state index in [0.717, 1.165) is 39.3 Å². The van der Waals surface area contributed by atoms with Gasteiger partial charge in [-0.1, -0.05) is 5.92 Å². The summed E-state index contributed by atoms with van der Waals surface area (Å²) in [6.45, 7) is 14.0. The fourth-order valence-electron chi connectivity index (χ4n) is 2.80. The molecule has 10 nitrogen and oxygen atoms in total. The van der Waals surface area contributed by atoms with Gasteiger partial charge in [0.1, 0.15) is 6.61 Å². The Morgan fingerprint density at radius 3 is 1.21 bits per heavy atom. The highest BCUT2D eigenvalue weighted by atomic mass is 16.6. The molecule has 1 aliphatic heterocycles. The Bertz CT molecular complexity index is 433. The first-order chi connectivity index (χ1) is 16.4. The number of ether oxygens (including phenoxy) is 8. The molecular weight excluding hydrogens is 432 g/mol. The molecule has 0 aliphatic carbocycles. The molecule has 0 saturated carbocycles. The molecule has 1 saturated heterocycles. The maximum Gasteiger partial charge on any atom is 0.107 e. The van der Waals surface area contributed by atoms with E-state index >= 15 is 0 Å². The topological polar surface area (TPSA) is 89.1 Å². The summed E-state index contributed by atoms with van der Waals surface area (Å²) in [5.41, 5.74) is 0. The second-order valence-corrected chi connectivity index (χ2v) is 7.13. The number of terminal acetylenes is 1. The molecule has 0 radical (unpaired) electrons. The van der Waals surface area contributed by atoms with E-state index in [1.54, 1.807) is 0 Å². The lowest BCUT2D eigenvalue weighted by Gasteiger charge is -2.26. The summed E-state index contributed by atoms with van der Waals surface area (Å²) in [4.78, 5) is 2.41. The number of hydrogen-bond donors (Lipinski definition) is 1. The van der Waals surface area contributed by atoms with Crippen LogP contribution in [0, 0.1) is 12.3 Å². The summed E-state index contributed by atoms with van der Waals surface area (Å²) in [7, 11) is 0. The summed E-state index contributed by atoms with van der Waals surface area (Å²) < 4.78 is 43.3. The maximum absolute atomic E-state index is 5.60. The minimum atomic E-state index is 0.317. The van der Waals surface area contributed by atoms with Crippen molar-refractivity contribution in [2.75, 3.05) is 138 Å². The molecule has 0 aromatic heterocycles. The van der Waals surface area contributed by atoms with Crippen LogP contribution in [0.5, 0.6) is 0 Å². The van der Waals surface area contributed by atoms with Crippen LogP contribution in [-0.4, -0.2) is 143 Å². The third-order valence-electron chi connectivity index (χ3n) is 4.55. The minimum absolute atomic E-state index is 0.317. The predicted molar refractivity (Wildman–Crippen MR) is 125 cm³/mol. The van der Waals surface area contributed by atoms with Crippen LogP contribution in [0.1, 0.15) is 0 Å².